The minimum Gasteiger partial charge on any atom is -0.316 e. The van der Waals surface area contributed by atoms with E-state index in [4.69, 9.17) is 23.2 Å². The maximum atomic E-state index is 12.3. The number of anilines is 1. The van der Waals surface area contributed by atoms with E-state index in [-0.39, 0.29) is 5.91 Å². The summed E-state index contributed by atoms with van der Waals surface area (Å²) in [5.41, 5.74) is 0.867. The summed E-state index contributed by atoms with van der Waals surface area (Å²) < 4.78 is 0. The minimum atomic E-state index is -0.00788. The van der Waals surface area contributed by atoms with Gasteiger partial charge in [-0.15, -0.1) is 0 Å². The van der Waals surface area contributed by atoms with Gasteiger partial charge in [0.2, 0.25) is 5.91 Å². The summed E-state index contributed by atoms with van der Waals surface area (Å²) in [6.45, 7) is 2.99. The summed E-state index contributed by atoms with van der Waals surface area (Å²) in [6.07, 6.45) is 2.98. The average molecular weight is 384 g/mol. The Morgan fingerprint density at radius 2 is 2.16 bits per heavy atom. The van der Waals surface area contributed by atoms with E-state index in [9.17, 15) is 4.79 Å². The molecule has 1 aromatic carbocycles. The van der Waals surface area contributed by atoms with Crippen LogP contribution in [0.3, 0.4) is 0 Å². The molecule has 2 aliphatic heterocycles. The summed E-state index contributed by atoms with van der Waals surface area (Å²) >= 11 is 12.0. The molecule has 6 nitrogen and oxygen atoms in total. The van der Waals surface area contributed by atoms with Gasteiger partial charge in [-0.25, -0.2) is 0 Å². The van der Waals surface area contributed by atoms with Gasteiger partial charge in [0.1, 0.15) is 5.84 Å². The molecule has 8 heteroatoms. The molecule has 1 atom stereocenters. The number of hydrogen-bond donors (Lipinski definition) is 2. The zero-order valence-electron chi connectivity index (χ0n) is 14.3. The molecule has 1 amide bonds. The van der Waals surface area contributed by atoms with Crippen LogP contribution in [0.5, 0.6) is 0 Å². The van der Waals surface area contributed by atoms with Crippen LogP contribution in [-0.2, 0) is 4.79 Å². The smallest absolute Gasteiger partial charge is 0.239 e. The Balaban J connectivity index is 1.54. The zero-order chi connectivity index (χ0) is 17.8. The normalized spacial score (nSPS) is 21.3. The molecule has 1 saturated heterocycles. The van der Waals surface area contributed by atoms with Gasteiger partial charge in [0.05, 0.1) is 22.3 Å². The Labute approximate surface area is 158 Å². The van der Waals surface area contributed by atoms with Crippen LogP contribution in [0.4, 0.5) is 5.69 Å². The van der Waals surface area contributed by atoms with Crippen molar-refractivity contribution in [2.24, 2.45) is 5.10 Å². The van der Waals surface area contributed by atoms with Crippen molar-refractivity contribution in [3.63, 3.8) is 0 Å². The van der Waals surface area contributed by atoms with Crippen LogP contribution in [0.15, 0.2) is 23.3 Å². The van der Waals surface area contributed by atoms with Crippen LogP contribution in [0, 0.1) is 0 Å². The number of rotatable bonds is 4. The number of nitrogens with one attached hydrogen (secondary N) is 2. The number of likely N-dealkylation sites (N-methyl/N-ethyl adjacent to an activating group) is 1. The highest BCUT2D eigenvalue weighted by Crippen LogP contribution is 2.28. The van der Waals surface area contributed by atoms with Crippen molar-refractivity contribution in [2.45, 2.75) is 25.3 Å². The van der Waals surface area contributed by atoms with Gasteiger partial charge in [-0.2, -0.15) is 5.10 Å². The van der Waals surface area contributed by atoms with Crippen molar-refractivity contribution in [1.29, 1.82) is 0 Å². The number of amidine groups is 1. The number of likely N-dealkylation sites (tertiary alicyclic amines) is 1. The zero-order valence-corrected chi connectivity index (χ0v) is 15.8. The van der Waals surface area contributed by atoms with Crippen molar-refractivity contribution in [2.75, 3.05) is 38.2 Å². The second-order valence-electron chi connectivity index (χ2n) is 6.43. The Bertz CT molecular complexity index is 666. The fourth-order valence-electron chi connectivity index (χ4n) is 3.22. The predicted octanol–water partition coefficient (Wildman–Crippen LogP) is 2.32. The van der Waals surface area contributed by atoms with E-state index in [0.29, 0.717) is 41.4 Å². The van der Waals surface area contributed by atoms with Crippen molar-refractivity contribution < 1.29 is 4.79 Å². The van der Waals surface area contributed by atoms with Gasteiger partial charge in [-0.1, -0.05) is 23.2 Å². The molecule has 136 valence electrons. The number of amides is 1. The van der Waals surface area contributed by atoms with Gasteiger partial charge in [0, 0.05) is 25.6 Å². The van der Waals surface area contributed by atoms with Crippen LogP contribution < -0.4 is 15.6 Å². The lowest BCUT2D eigenvalue weighted by molar-refractivity contribution is -0.121. The third-order valence-corrected chi connectivity index (χ3v) is 5.31. The van der Waals surface area contributed by atoms with Gasteiger partial charge in [-0.05, 0) is 44.6 Å². The van der Waals surface area contributed by atoms with Crippen molar-refractivity contribution in [3.8, 4) is 0 Å². The molecule has 1 unspecified atom stereocenters. The maximum absolute atomic E-state index is 12.3. The Hall–Kier alpha value is -1.34. The molecule has 25 heavy (non-hydrogen) atoms. The first-order chi connectivity index (χ1) is 12.0. The van der Waals surface area contributed by atoms with Crippen LogP contribution in [0.25, 0.3) is 0 Å². The number of nitrogens with zero attached hydrogens (tertiary/aromatic N) is 3. The SMILES string of the molecule is CNC1CCCN(CC(=O)NC2=NN(c3ccc(Cl)c(Cl)c3)CC2)C1. The van der Waals surface area contributed by atoms with E-state index in [1.165, 1.54) is 6.42 Å². The van der Waals surface area contributed by atoms with E-state index in [1.807, 2.05) is 18.1 Å². The van der Waals surface area contributed by atoms with Gasteiger partial charge in [-0.3, -0.25) is 14.7 Å². The highest BCUT2D eigenvalue weighted by molar-refractivity contribution is 6.42. The molecule has 3 rings (SSSR count). The Morgan fingerprint density at radius 1 is 1.32 bits per heavy atom. The first-order valence-electron chi connectivity index (χ1n) is 8.54. The van der Waals surface area contributed by atoms with E-state index in [2.05, 4.69) is 20.6 Å². The summed E-state index contributed by atoms with van der Waals surface area (Å²) in [4.78, 5) is 14.5. The standard InChI is InChI=1S/C17H23Cl2N5O/c1-20-12-3-2-7-23(10-12)11-17(25)21-16-6-8-24(22-16)13-4-5-14(18)15(19)9-13/h4-5,9,12,20H,2-3,6-8,10-11H2,1H3,(H,21,22,25). The lowest BCUT2D eigenvalue weighted by Crippen LogP contribution is -2.48. The summed E-state index contributed by atoms with van der Waals surface area (Å²) in [5.74, 6) is 0.685. The third kappa shape index (κ3) is 4.85. The minimum absolute atomic E-state index is 0.00788. The second-order valence-corrected chi connectivity index (χ2v) is 7.24. The monoisotopic (exact) mass is 383 g/mol. The maximum Gasteiger partial charge on any atom is 0.239 e. The molecule has 1 fully saturated rings. The molecule has 1 aromatic rings. The average Bonchev–Trinajstić information content (AvgIpc) is 3.05. The summed E-state index contributed by atoms with van der Waals surface area (Å²) in [5, 5.41) is 13.5. The van der Waals surface area contributed by atoms with Crippen LogP contribution in [0.1, 0.15) is 19.3 Å². The highest BCUT2D eigenvalue weighted by Gasteiger charge is 2.22. The van der Waals surface area contributed by atoms with Crippen molar-refractivity contribution >= 4 is 40.6 Å². The molecular formula is C17H23Cl2N5O. The predicted molar refractivity (Wildman–Crippen MR) is 103 cm³/mol. The van der Waals surface area contributed by atoms with Crippen molar-refractivity contribution in [1.82, 2.24) is 15.5 Å². The number of carbonyl (C=O) groups is 1. The molecule has 0 aliphatic carbocycles. The second kappa shape index (κ2) is 8.36. The topological polar surface area (TPSA) is 60.0 Å². The Kier molecular flexibility index (Phi) is 6.17. The van der Waals surface area contributed by atoms with E-state index >= 15 is 0 Å². The molecule has 0 aromatic heterocycles. The number of carbonyl (C=O) groups excluding carboxylic acids is 1. The largest absolute Gasteiger partial charge is 0.316 e. The quantitative estimate of drug-likeness (QED) is 0.837. The van der Waals surface area contributed by atoms with Crippen LogP contribution in [-0.4, -0.2) is 55.9 Å². The van der Waals surface area contributed by atoms with Gasteiger partial charge >= 0.3 is 0 Å². The molecule has 0 bridgehead atoms. The number of hydrazone groups is 1. The first-order valence-corrected chi connectivity index (χ1v) is 9.30. The highest BCUT2D eigenvalue weighted by atomic mass is 35.5. The van der Waals surface area contributed by atoms with Crippen LogP contribution in [0.2, 0.25) is 10.0 Å². The van der Waals surface area contributed by atoms with E-state index < -0.39 is 0 Å². The molecule has 2 heterocycles. The van der Waals surface area contributed by atoms with E-state index in [1.54, 1.807) is 12.1 Å². The molecule has 2 aliphatic rings. The Morgan fingerprint density at radius 3 is 2.92 bits per heavy atom. The number of hydrogen-bond acceptors (Lipinski definition) is 5. The number of piperidine rings is 1. The summed E-state index contributed by atoms with van der Waals surface area (Å²) in [7, 11) is 1.97. The lowest BCUT2D eigenvalue weighted by atomic mass is 10.1. The van der Waals surface area contributed by atoms with Gasteiger partial charge in [0.15, 0.2) is 0 Å². The summed E-state index contributed by atoms with van der Waals surface area (Å²) in [6, 6.07) is 5.87. The fraction of sp³-hybridized carbons (Fsp3) is 0.529. The molecule has 2 N–H and O–H groups in total. The van der Waals surface area contributed by atoms with E-state index in [0.717, 1.165) is 25.2 Å². The third-order valence-electron chi connectivity index (χ3n) is 4.57. The first kappa shape index (κ1) is 18.5. The molecule has 0 spiro atoms. The molecule has 0 radical (unpaired) electrons. The molecular weight excluding hydrogens is 361 g/mol. The van der Waals surface area contributed by atoms with Gasteiger partial charge < -0.3 is 10.6 Å². The number of benzene rings is 1. The lowest BCUT2D eigenvalue weighted by Gasteiger charge is -2.31. The van der Waals surface area contributed by atoms with Crippen molar-refractivity contribution in [3.05, 3.63) is 28.2 Å². The molecule has 0 saturated carbocycles. The fourth-order valence-corrected chi connectivity index (χ4v) is 3.51. The number of halogens is 2. The van der Waals surface area contributed by atoms with Gasteiger partial charge in [0.25, 0.3) is 0 Å². The van der Waals surface area contributed by atoms with Crippen LogP contribution >= 0.6 is 23.2 Å².